The zero-order valence-electron chi connectivity index (χ0n) is 10.5. The third kappa shape index (κ3) is 4.47. The molecule has 1 aromatic carbocycles. The number of carbonyl (C=O) groups is 1. The lowest BCUT2D eigenvalue weighted by Crippen LogP contribution is -2.19. The average molecular weight is 289 g/mol. The number of rotatable bonds is 5. The fraction of sp³-hybridized carbons (Fsp3) is 0.0714. The number of thioether (sulfide) groups is 1. The van der Waals surface area contributed by atoms with Crippen LogP contribution in [0.25, 0.3) is 0 Å². The lowest BCUT2D eigenvalue weighted by Gasteiger charge is -2.01. The van der Waals surface area contributed by atoms with Crippen molar-refractivity contribution in [1.29, 1.82) is 0 Å². The first kappa shape index (κ1) is 14.2. The molecule has 2 aromatic rings. The van der Waals surface area contributed by atoms with E-state index in [2.05, 4.69) is 15.5 Å². The van der Waals surface area contributed by atoms with Gasteiger partial charge in [-0.2, -0.15) is 5.10 Å². The number of carbonyl (C=O) groups excluding carboxylic acids is 1. The smallest absolute Gasteiger partial charge is 0.250 e. The Labute approximate surface area is 120 Å². The highest BCUT2D eigenvalue weighted by atomic mass is 32.2. The molecule has 1 amide bonds. The van der Waals surface area contributed by atoms with Crippen LogP contribution in [0.4, 0.5) is 4.39 Å². The van der Waals surface area contributed by atoms with Gasteiger partial charge in [-0.1, -0.05) is 12.1 Å². The van der Waals surface area contributed by atoms with Gasteiger partial charge in [0.15, 0.2) is 0 Å². The summed E-state index contributed by atoms with van der Waals surface area (Å²) in [7, 11) is 0. The Bertz CT molecular complexity index is 604. The molecule has 1 aromatic heterocycles. The van der Waals surface area contributed by atoms with Crippen molar-refractivity contribution < 1.29 is 9.18 Å². The molecule has 0 radical (unpaired) electrons. The standard InChI is InChI=1S/C14H12FN3OS/c15-12-3-1-2-4-13(12)20-10-14(19)18-17-9-11-5-7-16-8-6-11/h1-9H,10H2,(H,18,19)/b17-9+. The van der Waals surface area contributed by atoms with E-state index in [4.69, 9.17) is 0 Å². The molecule has 0 aliphatic heterocycles. The predicted molar refractivity (Wildman–Crippen MR) is 77.1 cm³/mol. The van der Waals surface area contributed by atoms with Gasteiger partial charge < -0.3 is 0 Å². The molecule has 0 atom stereocenters. The Balaban J connectivity index is 1.79. The lowest BCUT2D eigenvalue weighted by atomic mass is 10.3. The van der Waals surface area contributed by atoms with Crippen molar-refractivity contribution in [3.8, 4) is 0 Å². The van der Waals surface area contributed by atoms with Crippen molar-refractivity contribution in [3.63, 3.8) is 0 Å². The summed E-state index contributed by atoms with van der Waals surface area (Å²) < 4.78 is 13.3. The minimum Gasteiger partial charge on any atom is -0.272 e. The minimum absolute atomic E-state index is 0.106. The average Bonchev–Trinajstić information content (AvgIpc) is 2.47. The van der Waals surface area contributed by atoms with Gasteiger partial charge in [0.1, 0.15) is 5.82 Å². The van der Waals surface area contributed by atoms with Gasteiger partial charge in [0, 0.05) is 17.3 Å². The number of amides is 1. The number of halogens is 1. The van der Waals surface area contributed by atoms with Crippen LogP contribution in [-0.2, 0) is 4.79 Å². The molecule has 4 nitrogen and oxygen atoms in total. The predicted octanol–water partition coefficient (Wildman–Crippen LogP) is 2.46. The second-order valence-corrected chi connectivity index (χ2v) is 4.81. The van der Waals surface area contributed by atoms with Gasteiger partial charge in [0.2, 0.25) is 5.91 Å². The molecule has 0 saturated heterocycles. The summed E-state index contributed by atoms with van der Waals surface area (Å²) in [6, 6.07) is 9.87. The van der Waals surface area contributed by atoms with Crippen LogP contribution in [0.2, 0.25) is 0 Å². The summed E-state index contributed by atoms with van der Waals surface area (Å²) in [5.41, 5.74) is 3.22. The first-order valence-electron chi connectivity index (χ1n) is 5.85. The molecule has 1 N–H and O–H groups in total. The molecule has 20 heavy (non-hydrogen) atoms. The third-order valence-corrected chi connectivity index (χ3v) is 3.35. The van der Waals surface area contributed by atoms with Crippen molar-refractivity contribution in [3.05, 3.63) is 60.2 Å². The number of hydrogen-bond acceptors (Lipinski definition) is 4. The monoisotopic (exact) mass is 289 g/mol. The molecule has 0 fully saturated rings. The SMILES string of the molecule is O=C(CSc1ccccc1F)N/N=C/c1ccncc1. The van der Waals surface area contributed by atoms with Gasteiger partial charge in [0.05, 0.1) is 12.0 Å². The number of pyridine rings is 1. The Morgan fingerprint density at radius 2 is 2.05 bits per heavy atom. The second-order valence-electron chi connectivity index (χ2n) is 3.79. The normalized spacial score (nSPS) is 10.7. The highest BCUT2D eigenvalue weighted by Gasteiger charge is 2.05. The molecule has 0 aliphatic rings. The summed E-state index contributed by atoms with van der Waals surface area (Å²) in [5.74, 6) is -0.511. The van der Waals surface area contributed by atoms with Crippen molar-refractivity contribution in [1.82, 2.24) is 10.4 Å². The highest BCUT2D eigenvalue weighted by Crippen LogP contribution is 2.20. The van der Waals surface area contributed by atoms with E-state index in [0.29, 0.717) is 4.90 Å². The molecule has 0 bridgehead atoms. The van der Waals surface area contributed by atoms with E-state index in [1.165, 1.54) is 12.3 Å². The van der Waals surface area contributed by atoms with E-state index in [9.17, 15) is 9.18 Å². The Hall–Kier alpha value is -2.21. The van der Waals surface area contributed by atoms with E-state index in [1.54, 1.807) is 42.7 Å². The van der Waals surface area contributed by atoms with Crippen molar-refractivity contribution >= 4 is 23.9 Å². The van der Waals surface area contributed by atoms with Gasteiger partial charge in [0.25, 0.3) is 0 Å². The van der Waals surface area contributed by atoms with E-state index in [1.807, 2.05) is 0 Å². The van der Waals surface area contributed by atoms with Gasteiger partial charge in [-0.15, -0.1) is 11.8 Å². The van der Waals surface area contributed by atoms with Crippen LogP contribution in [0.1, 0.15) is 5.56 Å². The summed E-state index contributed by atoms with van der Waals surface area (Å²) in [5, 5.41) is 3.82. The van der Waals surface area contributed by atoms with Gasteiger partial charge in [-0.05, 0) is 29.8 Å². The van der Waals surface area contributed by atoms with Gasteiger partial charge in [-0.3, -0.25) is 9.78 Å². The largest absolute Gasteiger partial charge is 0.272 e. The maximum atomic E-state index is 13.3. The Morgan fingerprint density at radius 1 is 1.30 bits per heavy atom. The molecular formula is C14H12FN3OS. The van der Waals surface area contributed by atoms with Crippen LogP contribution in [0, 0.1) is 5.82 Å². The fourth-order valence-electron chi connectivity index (χ4n) is 1.37. The number of nitrogens with zero attached hydrogens (tertiary/aromatic N) is 2. The Morgan fingerprint density at radius 3 is 2.80 bits per heavy atom. The van der Waals surface area contributed by atoms with E-state index < -0.39 is 0 Å². The van der Waals surface area contributed by atoms with E-state index >= 15 is 0 Å². The van der Waals surface area contributed by atoms with Gasteiger partial charge in [-0.25, -0.2) is 9.82 Å². The summed E-state index contributed by atoms with van der Waals surface area (Å²) >= 11 is 1.13. The number of hydrogen-bond donors (Lipinski definition) is 1. The number of benzene rings is 1. The van der Waals surface area contributed by atoms with E-state index in [-0.39, 0.29) is 17.5 Å². The van der Waals surface area contributed by atoms with Crippen LogP contribution >= 0.6 is 11.8 Å². The molecule has 102 valence electrons. The first-order chi connectivity index (χ1) is 9.75. The molecule has 0 spiro atoms. The van der Waals surface area contributed by atoms with Crippen LogP contribution in [0.5, 0.6) is 0 Å². The highest BCUT2D eigenvalue weighted by molar-refractivity contribution is 8.00. The zero-order chi connectivity index (χ0) is 14.2. The van der Waals surface area contributed by atoms with Crippen LogP contribution in [0.3, 0.4) is 0 Å². The van der Waals surface area contributed by atoms with Crippen LogP contribution < -0.4 is 5.43 Å². The molecular weight excluding hydrogens is 277 g/mol. The van der Waals surface area contributed by atoms with Crippen LogP contribution in [-0.4, -0.2) is 22.9 Å². The van der Waals surface area contributed by atoms with Gasteiger partial charge >= 0.3 is 0 Å². The third-order valence-electron chi connectivity index (χ3n) is 2.30. The quantitative estimate of drug-likeness (QED) is 0.522. The first-order valence-corrected chi connectivity index (χ1v) is 6.83. The van der Waals surface area contributed by atoms with E-state index in [0.717, 1.165) is 17.3 Å². The maximum Gasteiger partial charge on any atom is 0.250 e. The molecule has 0 aliphatic carbocycles. The second kappa shape index (κ2) is 7.40. The summed E-state index contributed by atoms with van der Waals surface area (Å²) in [4.78, 5) is 15.9. The topological polar surface area (TPSA) is 54.4 Å². The number of aromatic nitrogens is 1. The molecule has 2 rings (SSSR count). The van der Waals surface area contributed by atoms with Crippen molar-refractivity contribution in [2.45, 2.75) is 4.90 Å². The minimum atomic E-state index is -0.328. The number of hydrazone groups is 1. The van der Waals surface area contributed by atoms with Crippen molar-refractivity contribution in [2.24, 2.45) is 5.10 Å². The summed E-state index contributed by atoms with van der Waals surface area (Å²) in [6.45, 7) is 0. The summed E-state index contributed by atoms with van der Waals surface area (Å²) in [6.07, 6.45) is 4.79. The molecule has 0 unspecified atom stereocenters. The molecule has 6 heteroatoms. The molecule has 1 heterocycles. The van der Waals surface area contributed by atoms with Crippen LogP contribution in [0.15, 0.2) is 58.8 Å². The Kier molecular flexibility index (Phi) is 5.25. The lowest BCUT2D eigenvalue weighted by molar-refractivity contribution is -0.118. The maximum absolute atomic E-state index is 13.3. The molecule has 0 saturated carbocycles. The van der Waals surface area contributed by atoms with Crippen molar-refractivity contribution in [2.75, 3.05) is 5.75 Å². The zero-order valence-corrected chi connectivity index (χ0v) is 11.3. The number of nitrogens with one attached hydrogen (secondary N) is 1. The fourth-order valence-corrected chi connectivity index (χ4v) is 2.10.